The van der Waals surface area contributed by atoms with Crippen molar-refractivity contribution in [3.63, 3.8) is 0 Å². The van der Waals surface area contributed by atoms with Gasteiger partial charge in [0.15, 0.2) is 17.9 Å². The fourth-order valence-electron chi connectivity index (χ4n) is 2.94. The molecule has 0 aliphatic carbocycles. The normalized spacial score (nSPS) is 22.5. The molecule has 3 rings (SSSR count). The van der Waals surface area contributed by atoms with Crippen LogP contribution in [0.25, 0.3) is 0 Å². The maximum atomic E-state index is 13.2. The molecule has 126 valence electrons. The Kier molecular flexibility index (Phi) is 5.50. The molecule has 1 amide bonds. The molecule has 0 N–H and O–H groups in total. The van der Waals surface area contributed by atoms with Gasteiger partial charge in [-0.05, 0) is 37.5 Å². The van der Waals surface area contributed by atoms with Crippen LogP contribution in [-0.2, 0) is 14.3 Å². The van der Waals surface area contributed by atoms with Crippen LogP contribution in [0.2, 0.25) is 0 Å². The van der Waals surface area contributed by atoms with Gasteiger partial charge >= 0.3 is 0 Å². The zero-order valence-electron chi connectivity index (χ0n) is 12.7. The third kappa shape index (κ3) is 4.02. The van der Waals surface area contributed by atoms with Crippen molar-refractivity contribution in [2.45, 2.75) is 36.5 Å². The molecule has 1 aromatic rings. The van der Waals surface area contributed by atoms with E-state index < -0.39 is 11.6 Å². The van der Waals surface area contributed by atoms with Crippen molar-refractivity contribution in [1.29, 1.82) is 0 Å². The summed E-state index contributed by atoms with van der Waals surface area (Å²) in [5.41, 5.74) is 0. The average Bonchev–Trinajstić information content (AvgIpc) is 3.10. The number of rotatable bonds is 4. The molecule has 2 fully saturated rings. The Balaban J connectivity index is 1.60. The molecule has 1 aromatic carbocycles. The Bertz CT molecular complexity index is 566. The molecule has 0 aromatic heterocycles. The number of ether oxygens (including phenoxy) is 2. The highest BCUT2D eigenvalue weighted by atomic mass is 32.2. The summed E-state index contributed by atoms with van der Waals surface area (Å²) in [6.45, 7) is 1.81. The van der Waals surface area contributed by atoms with E-state index in [1.54, 1.807) is 0 Å². The molecule has 2 heterocycles. The van der Waals surface area contributed by atoms with Crippen LogP contribution in [0.15, 0.2) is 23.1 Å². The van der Waals surface area contributed by atoms with Crippen LogP contribution in [0.5, 0.6) is 0 Å². The molecular weight excluding hydrogens is 324 g/mol. The van der Waals surface area contributed by atoms with Crippen molar-refractivity contribution in [2.75, 3.05) is 25.5 Å². The number of halogens is 2. The number of piperidine rings is 1. The summed E-state index contributed by atoms with van der Waals surface area (Å²) >= 11 is 1.21. The fraction of sp³-hybridized carbons (Fsp3) is 0.562. The van der Waals surface area contributed by atoms with Gasteiger partial charge in [-0.25, -0.2) is 8.78 Å². The van der Waals surface area contributed by atoms with E-state index in [2.05, 4.69) is 0 Å². The average molecular weight is 343 g/mol. The second-order valence-electron chi connectivity index (χ2n) is 5.62. The van der Waals surface area contributed by atoms with Gasteiger partial charge in [0, 0.05) is 11.4 Å². The lowest BCUT2D eigenvalue weighted by Crippen LogP contribution is -2.50. The minimum atomic E-state index is -0.897. The quantitative estimate of drug-likeness (QED) is 0.788. The molecule has 0 radical (unpaired) electrons. The van der Waals surface area contributed by atoms with Gasteiger partial charge in [0.25, 0.3) is 0 Å². The minimum absolute atomic E-state index is 0.0245. The summed E-state index contributed by atoms with van der Waals surface area (Å²) in [6, 6.07) is 3.62. The van der Waals surface area contributed by atoms with Crippen LogP contribution < -0.4 is 0 Å². The highest BCUT2D eigenvalue weighted by Crippen LogP contribution is 2.27. The third-order valence-corrected chi connectivity index (χ3v) is 5.06. The van der Waals surface area contributed by atoms with E-state index in [9.17, 15) is 13.6 Å². The zero-order valence-corrected chi connectivity index (χ0v) is 13.5. The highest BCUT2D eigenvalue weighted by Gasteiger charge is 2.35. The summed E-state index contributed by atoms with van der Waals surface area (Å²) in [5.74, 6) is -1.62. The first kappa shape index (κ1) is 16.7. The molecule has 2 aliphatic rings. The maximum Gasteiger partial charge on any atom is 0.233 e. The van der Waals surface area contributed by atoms with Gasteiger partial charge in [-0.15, -0.1) is 11.8 Å². The molecule has 2 aliphatic heterocycles. The molecule has 4 nitrogen and oxygen atoms in total. The predicted octanol–water partition coefficient (Wildman–Crippen LogP) is 2.81. The SMILES string of the molecule is O=C(CSc1ccc(F)c(F)c1)N1CCCCC1C1OCCO1. The van der Waals surface area contributed by atoms with Gasteiger partial charge in [-0.1, -0.05) is 0 Å². The van der Waals surface area contributed by atoms with E-state index in [1.807, 2.05) is 4.90 Å². The predicted molar refractivity (Wildman–Crippen MR) is 82.1 cm³/mol. The maximum absolute atomic E-state index is 13.2. The van der Waals surface area contributed by atoms with Crippen LogP contribution in [0.3, 0.4) is 0 Å². The first-order valence-electron chi connectivity index (χ1n) is 7.75. The van der Waals surface area contributed by atoms with Crippen molar-refractivity contribution in [1.82, 2.24) is 4.90 Å². The van der Waals surface area contributed by atoms with E-state index in [1.165, 1.54) is 17.8 Å². The topological polar surface area (TPSA) is 38.8 Å². The number of hydrogen-bond donors (Lipinski definition) is 0. The lowest BCUT2D eigenvalue weighted by molar-refractivity contribution is -0.148. The molecule has 0 bridgehead atoms. The largest absolute Gasteiger partial charge is 0.348 e. The Labute approximate surface area is 138 Å². The van der Waals surface area contributed by atoms with Gasteiger partial charge in [-0.2, -0.15) is 0 Å². The van der Waals surface area contributed by atoms with Crippen LogP contribution in [0.1, 0.15) is 19.3 Å². The summed E-state index contributed by atoms with van der Waals surface area (Å²) in [4.78, 5) is 14.9. The van der Waals surface area contributed by atoms with E-state index >= 15 is 0 Å². The van der Waals surface area contributed by atoms with Crippen molar-refractivity contribution < 1.29 is 23.0 Å². The fourth-order valence-corrected chi connectivity index (χ4v) is 3.75. The lowest BCUT2D eigenvalue weighted by atomic mass is 10.0. The molecule has 1 unspecified atom stereocenters. The highest BCUT2D eigenvalue weighted by molar-refractivity contribution is 8.00. The van der Waals surface area contributed by atoms with E-state index in [0.29, 0.717) is 24.7 Å². The minimum Gasteiger partial charge on any atom is -0.348 e. The number of hydrogen-bond acceptors (Lipinski definition) is 4. The van der Waals surface area contributed by atoms with Crippen LogP contribution in [0, 0.1) is 11.6 Å². The molecule has 7 heteroatoms. The number of amides is 1. The number of carbonyl (C=O) groups is 1. The van der Waals surface area contributed by atoms with Crippen molar-refractivity contribution >= 4 is 17.7 Å². The number of likely N-dealkylation sites (tertiary alicyclic amines) is 1. The number of benzene rings is 1. The molecule has 1 atom stereocenters. The van der Waals surface area contributed by atoms with E-state index in [-0.39, 0.29) is 24.0 Å². The molecule has 2 saturated heterocycles. The summed E-state index contributed by atoms with van der Waals surface area (Å²) in [5, 5.41) is 0. The summed E-state index contributed by atoms with van der Waals surface area (Å²) in [7, 11) is 0. The first-order valence-corrected chi connectivity index (χ1v) is 8.74. The molecular formula is C16H19F2NO3S. The van der Waals surface area contributed by atoms with Gasteiger partial charge < -0.3 is 14.4 Å². The van der Waals surface area contributed by atoms with Gasteiger partial charge in [0.05, 0.1) is 25.0 Å². The van der Waals surface area contributed by atoms with Gasteiger partial charge in [0.1, 0.15) is 0 Å². The lowest BCUT2D eigenvalue weighted by Gasteiger charge is -2.38. The monoisotopic (exact) mass is 343 g/mol. The second-order valence-corrected chi connectivity index (χ2v) is 6.67. The Morgan fingerprint density at radius 3 is 2.74 bits per heavy atom. The second kappa shape index (κ2) is 7.59. The van der Waals surface area contributed by atoms with Crippen LogP contribution in [0.4, 0.5) is 8.78 Å². The smallest absolute Gasteiger partial charge is 0.233 e. The number of thioether (sulfide) groups is 1. The molecule has 23 heavy (non-hydrogen) atoms. The Morgan fingerprint density at radius 2 is 2.00 bits per heavy atom. The Morgan fingerprint density at radius 1 is 1.22 bits per heavy atom. The zero-order chi connectivity index (χ0) is 16.2. The number of carbonyl (C=O) groups excluding carboxylic acids is 1. The summed E-state index contributed by atoms with van der Waals surface area (Å²) in [6.07, 6.45) is 2.54. The van der Waals surface area contributed by atoms with Crippen LogP contribution >= 0.6 is 11.8 Å². The standard InChI is InChI=1S/C16H19F2NO3S/c17-12-5-4-11(9-13(12)18)23-10-15(20)19-6-2-1-3-14(19)16-21-7-8-22-16/h4-5,9,14,16H,1-3,6-8,10H2. The third-order valence-electron chi connectivity index (χ3n) is 4.08. The van der Waals surface area contributed by atoms with Crippen molar-refractivity contribution in [3.8, 4) is 0 Å². The van der Waals surface area contributed by atoms with E-state index in [0.717, 1.165) is 31.4 Å². The van der Waals surface area contributed by atoms with Gasteiger partial charge in [-0.3, -0.25) is 4.79 Å². The number of nitrogens with zero attached hydrogens (tertiary/aromatic N) is 1. The molecule has 0 spiro atoms. The van der Waals surface area contributed by atoms with E-state index in [4.69, 9.17) is 9.47 Å². The molecule has 0 saturated carbocycles. The van der Waals surface area contributed by atoms with Crippen LogP contribution in [-0.4, -0.2) is 48.7 Å². The van der Waals surface area contributed by atoms with Crippen molar-refractivity contribution in [3.05, 3.63) is 29.8 Å². The first-order chi connectivity index (χ1) is 11.1. The van der Waals surface area contributed by atoms with Crippen molar-refractivity contribution in [2.24, 2.45) is 0 Å². The summed E-state index contributed by atoms with van der Waals surface area (Å²) < 4.78 is 37.2. The van der Waals surface area contributed by atoms with Gasteiger partial charge in [0.2, 0.25) is 5.91 Å². The Hall–Kier alpha value is -1.18.